The quantitative estimate of drug-likeness (QED) is 0.362. The molecule has 1 unspecified atom stereocenters. The molecule has 33 heavy (non-hydrogen) atoms. The molecule has 1 fully saturated rings. The van der Waals surface area contributed by atoms with Crippen molar-refractivity contribution in [2.75, 3.05) is 38.3 Å². The third kappa shape index (κ3) is 8.12. The standard InChI is InChI=1S/C24H29N3O5S/c1-2-30-13-14-32-20-10-8-17(9-11-20)23(29)27-24(33)26-19-6-3-5-18(15-19)22(28)25-16-21-7-4-12-31-21/h3,5-6,8-11,15,21H,2,4,7,12-14,16H2,1H3,(H,25,28)(H2,26,27,29,33). The first-order chi connectivity index (χ1) is 16.0. The van der Waals surface area contributed by atoms with E-state index in [9.17, 15) is 9.59 Å². The van der Waals surface area contributed by atoms with Gasteiger partial charge in [-0.2, -0.15) is 0 Å². The van der Waals surface area contributed by atoms with Crippen LogP contribution in [0.25, 0.3) is 0 Å². The Morgan fingerprint density at radius 3 is 2.64 bits per heavy atom. The fourth-order valence-corrected chi connectivity index (χ4v) is 3.47. The lowest BCUT2D eigenvalue weighted by molar-refractivity contribution is 0.0857. The molecule has 3 N–H and O–H groups in total. The molecule has 8 nitrogen and oxygen atoms in total. The van der Waals surface area contributed by atoms with Crippen molar-refractivity contribution in [2.24, 2.45) is 0 Å². The maximum absolute atomic E-state index is 12.5. The summed E-state index contributed by atoms with van der Waals surface area (Å²) in [7, 11) is 0. The number of nitrogens with one attached hydrogen (secondary N) is 3. The van der Waals surface area contributed by atoms with E-state index in [4.69, 9.17) is 26.4 Å². The molecule has 1 aliphatic rings. The van der Waals surface area contributed by atoms with Crippen LogP contribution in [0, 0.1) is 0 Å². The third-order valence-corrected chi connectivity index (χ3v) is 5.15. The van der Waals surface area contributed by atoms with Crippen molar-refractivity contribution in [3.63, 3.8) is 0 Å². The molecule has 0 aliphatic carbocycles. The zero-order valence-corrected chi connectivity index (χ0v) is 19.4. The summed E-state index contributed by atoms with van der Waals surface area (Å²) < 4.78 is 16.3. The Labute approximate surface area is 199 Å². The van der Waals surface area contributed by atoms with Crippen molar-refractivity contribution in [2.45, 2.75) is 25.9 Å². The van der Waals surface area contributed by atoms with Gasteiger partial charge >= 0.3 is 0 Å². The SMILES string of the molecule is CCOCCOc1ccc(C(=O)NC(=S)Nc2cccc(C(=O)NCC3CCCO3)c2)cc1. The number of amides is 2. The molecule has 2 aromatic carbocycles. The van der Waals surface area contributed by atoms with Crippen LogP contribution < -0.4 is 20.7 Å². The first-order valence-electron chi connectivity index (χ1n) is 11.0. The number of carbonyl (C=O) groups is 2. The van der Waals surface area contributed by atoms with Gasteiger partial charge < -0.3 is 24.8 Å². The molecule has 0 spiro atoms. The average Bonchev–Trinajstić information content (AvgIpc) is 3.34. The lowest BCUT2D eigenvalue weighted by Crippen LogP contribution is -2.34. The van der Waals surface area contributed by atoms with E-state index in [1.165, 1.54) is 0 Å². The number of carbonyl (C=O) groups excluding carboxylic acids is 2. The van der Waals surface area contributed by atoms with Gasteiger partial charge in [0.2, 0.25) is 0 Å². The molecule has 2 aromatic rings. The summed E-state index contributed by atoms with van der Waals surface area (Å²) in [5.74, 6) is 0.119. The Morgan fingerprint density at radius 2 is 1.91 bits per heavy atom. The summed E-state index contributed by atoms with van der Waals surface area (Å²) in [6.45, 7) is 4.75. The zero-order chi connectivity index (χ0) is 23.5. The zero-order valence-electron chi connectivity index (χ0n) is 18.6. The molecule has 1 atom stereocenters. The van der Waals surface area contributed by atoms with Crippen molar-refractivity contribution in [3.05, 3.63) is 59.7 Å². The number of hydrogen-bond donors (Lipinski definition) is 3. The number of rotatable bonds is 10. The second kappa shape index (κ2) is 12.9. The van der Waals surface area contributed by atoms with Crippen LogP contribution in [0.3, 0.4) is 0 Å². The van der Waals surface area contributed by atoms with Crippen LogP contribution in [0.1, 0.15) is 40.5 Å². The summed E-state index contributed by atoms with van der Waals surface area (Å²) in [4.78, 5) is 24.9. The molecule has 9 heteroatoms. The molecule has 1 saturated heterocycles. The number of hydrogen-bond acceptors (Lipinski definition) is 6. The molecule has 176 valence electrons. The summed E-state index contributed by atoms with van der Waals surface area (Å²) in [6, 6.07) is 13.7. The second-order valence-electron chi connectivity index (χ2n) is 7.40. The Kier molecular flexibility index (Phi) is 9.61. The third-order valence-electron chi connectivity index (χ3n) is 4.94. The summed E-state index contributed by atoms with van der Waals surface area (Å²) in [5.41, 5.74) is 1.54. The highest BCUT2D eigenvalue weighted by Crippen LogP contribution is 2.14. The van der Waals surface area contributed by atoms with Crippen molar-refractivity contribution < 1.29 is 23.8 Å². The highest BCUT2D eigenvalue weighted by Gasteiger charge is 2.17. The van der Waals surface area contributed by atoms with Crippen molar-refractivity contribution in [1.29, 1.82) is 0 Å². The van der Waals surface area contributed by atoms with Crippen molar-refractivity contribution in [3.8, 4) is 5.75 Å². The minimum atomic E-state index is -0.348. The van der Waals surface area contributed by atoms with Gasteiger partial charge in [0.05, 0.1) is 12.7 Å². The van der Waals surface area contributed by atoms with E-state index in [1.807, 2.05) is 6.92 Å². The van der Waals surface area contributed by atoms with Crippen molar-refractivity contribution in [1.82, 2.24) is 10.6 Å². The van der Waals surface area contributed by atoms with Crippen LogP contribution in [0.5, 0.6) is 5.75 Å². The van der Waals surface area contributed by atoms with Gasteiger partial charge in [-0.25, -0.2) is 0 Å². The molecule has 3 rings (SSSR count). The van der Waals surface area contributed by atoms with Crippen LogP contribution in [-0.2, 0) is 9.47 Å². The molecule has 0 bridgehead atoms. The minimum Gasteiger partial charge on any atom is -0.491 e. The Bertz CT molecular complexity index is 945. The van der Waals surface area contributed by atoms with Gasteiger partial charge in [-0.1, -0.05) is 6.07 Å². The number of anilines is 1. The van der Waals surface area contributed by atoms with Crippen LogP contribution in [0.2, 0.25) is 0 Å². The Hall–Kier alpha value is -3.01. The molecule has 0 saturated carbocycles. The van der Waals surface area contributed by atoms with Gasteiger partial charge in [-0.3, -0.25) is 14.9 Å². The van der Waals surface area contributed by atoms with E-state index < -0.39 is 0 Å². The van der Waals surface area contributed by atoms with E-state index in [1.54, 1.807) is 48.5 Å². The topological polar surface area (TPSA) is 97.9 Å². The second-order valence-corrected chi connectivity index (χ2v) is 7.81. The van der Waals surface area contributed by atoms with Crippen LogP contribution in [-0.4, -0.2) is 56.0 Å². The van der Waals surface area contributed by atoms with E-state index in [2.05, 4.69) is 16.0 Å². The summed E-state index contributed by atoms with van der Waals surface area (Å²) in [6.07, 6.45) is 2.06. The predicted molar refractivity (Wildman–Crippen MR) is 130 cm³/mol. The van der Waals surface area contributed by atoms with Crippen LogP contribution in [0.15, 0.2) is 48.5 Å². The molecule has 1 aliphatic heterocycles. The monoisotopic (exact) mass is 471 g/mol. The van der Waals surface area contributed by atoms with Gasteiger partial charge in [0.15, 0.2) is 5.11 Å². The fraction of sp³-hybridized carbons (Fsp3) is 0.375. The van der Waals surface area contributed by atoms with E-state index in [0.717, 1.165) is 19.4 Å². The molecule has 1 heterocycles. The largest absolute Gasteiger partial charge is 0.491 e. The van der Waals surface area contributed by atoms with Gasteiger partial charge in [-0.15, -0.1) is 0 Å². The Balaban J connectivity index is 1.47. The summed E-state index contributed by atoms with van der Waals surface area (Å²) in [5, 5.41) is 8.60. The average molecular weight is 472 g/mol. The van der Waals surface area contributed by atoms with E-state index in [-0.39, 0.29) is 23.0 Å². The first-order valence-corrected chi connectivity index (χ1v) is 11.4. The van der Waals surface area contributed by atoms with Crippen LogP contribution >= 0.6 is 12.2 Å². The highest BCUT2D eigenvalue weighted by atomic mass is 32.1. The lowest BCUT2D eigenvalue weighted by atomic mass is 10.1. The molecule has 2 amide bonds. The maximum Gasteiger partial charge on any atom is 0.257 e. The minimum absolute atomic E-state index is 0.0775. The normalized spacial score (nSPS) is 15.0. The summed E-state index contributed by atoms with van der Waals surface area (Å²) >= 11 is 5.25. The smallest absolute Gasteiger partial charge is 0.257 e. The molecular formula is C24H29N3O5S. The fourth-order valence-electron chi connectivity index (χ4n) is 3.26. The van der Waals surface area contributed by atoms with E-state index >= 15 is 0 Å². The molecular weight excluding hydrogens is 442 g/mol. The van der Waals surface area contributed by atoms with Gasteiger partial charge in [-0.05, 0) is 74.4 Å². The Morgan fingerprint density at radius 1 is 1.09 bits per heavy atom. The molecule has 0 aromatic heterocycles. The number of ether oxygens (including phenoxy) is 3. The first kappa shape index (κ1) is 24.6. The highest BCUT2D eigenvalue weighted by molar-refractivity contribution is 7.80. The van der Waals surface area contributed by atoms with Crippen LogP contribution in [0.4, 0.5) is 5.69 Å². The lowest BCUT2D eigenvalue weighted by Gasteiger charge is -2.13. The predicted octanol–water partition coefficient (Wildman–Crippen LogP) is 3.14. The van der Waals surface area contributed by atoms with Gasteiger partial charge in [0.25, 0.3) is 11.8 Å². The van der Waals surface area contributed by atoms with Crippen molar-refractivity contribution >= 4 is 34.8 Å². The van der Waals surface area contributed by atoms with E-state index in [0.29, 0.717) is 48.9 Å². The number of thiocarbonyl (C=S) groups is 1. The maximum atomic E-state index is 12.5. The van der Waals surface area contributed by atoms with Gasteiger partial charge in [0, 0.05) is 36.6 Å². The number of benzene rings is 2. The molecule has 0 radical (unpaired) electrons. The van der Waals surface area contributed by atoms with Gasteiger partial charge in [0.1, 0.15) is 12.4 Å².